The van der Waals surface area contributed by atoms with E-state index in [4.69, 9.17) is 15.2 Å². The van der Waals surface area contributed by atoms with Crippen LogP contribution in [0.4, 0.5) is 5.13 Å². The van der Waals surface area contributed by atoms with Crippen molar-refractivity contribution in [1.29, 1.82) is 0 Å². The smallest absolute Gasteiger partial charge is 0.230 e. The van der Waals surface area contributed by atoms with E-state index in [1.165, 1.54) is 23.1 Å². The number of primary amides is 1. The largest absolute Gasteiger partial charge is 0.493 e. The Morgan fingerprint density at radius 1 is 1.28 bits per heavy atom. The molecule has 0 spiro atoms. The predicted molar refractivity (Wildman–Crippen MR) is 99.4 cm³/mol. The Morgan fingerprint density at radius 2 is 2.04 bits per heavy atom. The number of thiazole rings is 1. The van der Waals surface area contributed by atoms with E-state index >= 15 is 0 Å². The maximum absolute atomic E-state index is 12.2. The van der Waals surface area contributed by atoms with E-state index in [1.54, 1.807) is 26.4 Å². The molecule has 0 fully saturated rings. The number of rotatable bonds is 9. The fourth-order valence-electron chi connectivity index (χ4n) is 2.03. The van der Waals surface area contributed by atoms with Gasteiger partial charge in [-0.1, -0.05) is 6.07 Å². The molecule has 2 rings (SSSR count). The number of nitrogens with two attached hydrogens (primary N) is 1. The highest BCUT2D eigenvalue weighted by molar-refractivity contribution is 7.99. The molecule has 1 heterocycles. The van der Waals surface area contributed by atoms with Crippen molar-refractivity contribution in [3.8, 4) is 11.5 Å². The second-order valence-corrected chi connectivity index (χ2v) is 6.86. The number of carbonyl (C=O) groups excluding carboxylic acids is 2. The molecule has 7 nitrogen and oxygen atoms in total. The van der Waals surface area contributed by atoms with Gasteiger partial charge in [0.2, 0.25) is 11.8 Å². The number of methoxy groups -OCH3 is 2. The number of amides is 2. The summed E-state index contributed by atoms with van der Waals surface area (Å²) in [5.41, 5.74) is 6.70. The van der Waals surface area contributed by atoms with Crippen LogP contribution in [0.15, 0.2) is 23.6 Å². The minimum absolute atomic E-state index is 0.169. The van der Waals surface area contributed by atoms with Gasteiger partial charge in [-0.3, -0.25) is 9.59 Å². The van der Waals surface area contributed by atoms with Gasteiger partial charge < -0.3 is 20.5 Å². The highest BCUT2D eigenvalue weighted by Gasteiger charge is 2.11. The van der Waals surface area contributed by atoms with Crippen molar-refractivity contribution in [3.63, 3.8) is 0 Å². The van der Waals surface area contributed by atoms with E-state index in [9.17, 15) is 9.59 Å². The van der Waals surface area contributed by atoms with Crippen molar-refractivity contribution in [2.24, 2.45) is 5.73 Å². The minimum Gasteiger partial charge on any atom is -0.493 e. The minimum atomic E-state index is -0.358. The summed E-state index contributed by atoms with van der Waals surface area (Å²) in [7, 11) is 3.11. The first kappa shape index (κ1) is 19.1. The number of anilines is 1. The number of hydrogen-bond donors (Lipinski definition) is 2. The van der Waals surface area contributed by atoms with Gasteiger partial charge in [0.25, 0.3) is 0 Å². The molecule has 0 aliphatic rings. The van der Waals surface area contributed by atoms with E-state index in [0.29, 0.717) is 22.4 Å². The van der Waals surface area contributed by atoms with Crippen molar-refractivity contribution < 1.29 is 19.1 Å². The SMILES string of the molecule is COc1ccc(CC(=O)Nc2nc(CSCC(N)=O)cs2)cc1OC. The molecule has 3 N–H and O–H groups in total. The van der Waals surface area contributed by atoms with E-state index < -0.39 is 0 Å². The summed E-state index contributed by atoms with van der Waals surface area (Å²) >= 11 is 2.73. The third-order valence-corrected chi connectivity index (χ3v) is 4.90. The number of carbonyl (C=O) groups is 2. The van der Waals surface area contributed by atoms with Crippen LogP contribution in [0.1, 0.15) is 11.3 Å². The third kappa shape index (κ3) is 5.95. The fraction of sp³-hybridized carbons (Fsp3) is 0.312. The average Bonchev–Trinajstić information content (AvgIpc) is 3.01. The molecular formula is C16H19N3O4S2. The van der Waals surface area contributed by atoms with Crippen LogP contribution in [0.3, 0.4) is 0 Å². The summed E-state index contributed by atoms with van der Waals surface area (Å²) in [6.45, 7) is 0. The van der Waals surface area contributed by atoms with Crippen LogP contribution in [0.2, 0.25) is 0 Å². The first-order valence-corrected chi connectivity index (χ1v) is 9.36. The average molecular weight is 381 g/mol. The second kappa shape index (κ2) is 9.28. The summed E-state index contributed by atoms with van der Waals surface area (Å²) in [4.78, 5) is 27.2. The first-order chi connectivity index (χ1) is 12.0. The molecule has 25 heavy (non-hydrogen) atoms. The van der Waals surface area contributed by atoms with E-state index in [2.05, 4.69) is 10.3 Å². The molecule has 0 saturated heterocycles. The molecule has 0 unspecified atom stereocenters. The van der Waals surface area contributed by atoms with Crippen LogP contribution in [0.25, 0.3) is 0 Å². The number of nitrogens with zero attached hydrogens (tertiary/aromatic N) is 1. The van der Waals surface area contributed by atoms with Gasteiger partial charge in [0.1, 0.15) is 0 Å². The number of ether oxygens (including phenoxy) is 2. The van der Waals surface area contributed by atoms with Gasteiger partial charge in [0.15, 0.2) is 16.6 Å². The van der Waals surface area contributed by atoms with Crippen LogP contribution < -0.4 is 20.5 Å². The molecular weight excluding hydrogens is 362 g/mol. The van der Waals surface area contributed by atoms with E-state index in [-0.39, 0.29) is 24.0 Å². The number of thioether (sulfide) groups is 1. The van der Waals surface area contributed by atoms with Gasteiger partial charge in [0.05, 0.1) is 32.1 Å². The Hall–Kier alpha value is -2.26. The molecule has 0 aliphatic carbocycles. The van der Waals surface area contributed by atoms with Crippen molar-refractivity contribution in [3.05, 3.63) is 34.8 Å². The summed E-state index contributed by atoms with van der Waals surface area (Å²) < 4.78 is 10.4. The second-order valence-electron chi connectivity index (χ2n) is 5.02. The molecule has 2 aromatic rings. The topological polar surface area (TPSA) is 104 Å². The van der Waals surface area contributed by atoms with Crippen LogP contribution in [0.5, 0.6) is 11.5 Å². The lowest BCUT2D eigenvalue weighted by Crippen LogP contribution is -2.14. The summed E-state index contributed by atoms with van der Waals surface area (Å²) in [6.07, 6.45) is 0.200. The maximum atomic E-state index is 12.2. The predicted octanol–water partition coefficient (Wildman–Crippen LogP) is 2.06. The molecule has 0 atom stereocenters. The zero-order chi connectivity index (χ0) is 18.2. The number of nitrogens with one attached hydrogen (secondary N) is 1. The first-order valence-electron chi connectivity index (χ1n) is 7.33. The van der Waals surface area contributed by atoms with Gasteiger partial charge in [-0.2, -0.15) is 0 Å². The number of benzene rings is 1. The van der Waals surface area contributed by atoms with Crippen molar-refractivity contribution in [1.82, 2.24) is 4.98 Å². The zero-order valence-corrected chi connectivity index (χ0v) is 15.5. The molecule has 134 valence electrons. The monoisotopic (exact) mass is 381 g/mol. The van der Waals surface area contributed by atoms with Crippen molar-refractivity contribution in [2.45, 2.75) is 12.2 Å². The van der Waals surface area contributed by atoms with Gasteiger partial charge in [-0.05, 0) is 17.7 Å². The van der Waals surface area contributed by atoms with Crippen molar-refractivity contribution >= 4 is 40.0 Å². The van der Waals surface area contributed by atoms with E-state index in [1.807, 2.05) is 11.4 Å². The highest BCUT2D eigenvalue weighted by Crippen LogP contribution is 2.28. The quantitative estimate of drug-likeness (QED) is 0.689. The van der Waals surface area contributed by atoms with Crippen LogP contribution in [0, 0.1) is 0 Å². The van der Waals surface area contributed by atoms with Gasteiger partial charge >= 0.3 is 0 Å². The Kier molecular flexibility index (Phi) is 7.08. The Morgan fingerprint density at radius 3 is 2.72 bits per heavy atom. The third-order valence-electron chi connectivity index (χ3n) is 3.10. The summed E-state index contributed by atoms with van der Waals surface area (Å²) in [5, 5.41) is 5.15. The molecule has 1 aromatic carbocycles. The Labute approximate surface area is 153 Å². The lowest BCUT2D eigenvalue weighted by Gasteiger charge is -2.09. The van der Waals surface area contributed by atoms with Crippen LogP contribution in [-0.4, -0.2) is 36.8 Å². The molecule has 0 aliphatic heterocycles. The normalized spacial score (nSPS) is 10.3. The van der Waals surface area contributed by atoms with Gasteiger partial charge in [-0.15, -0.1) is 23.1 Å². The summed E-state index contributed by atoms with van der Waals surface area (Å²) in [5.74, 6) is 1.49. The zero-order valence-electron chi connectivity index (χ0n) is 13.9. The van der Waals surface area contributed by atoms with Crippen LogP contribution in [-0.2, 0) is 21.8 Å². The molecule has 2 amide bonds. The molecule has 0 bridgehead atoms. The van der Waals surface area contributed by atoms with Crippen molar-refractivity contribution in [2.75, 3.05) is 25.3 Å². The number of aromatic nitrogens is 1. The Bertz CT molecular complexity index is 749. The van der Waals surface area contributed by atoms with Gasteiger partial charge in [0, 0.05) is 11.1 Å². The molecule has 0 saturated carbocycles. The molecule has 1 aromatic heterocycles. The number of hydrogen-bond acceptors (Lipinski definition) is 7. The van der Waals surface area contributed by atoms with E-state index in [0.717, 1.165) is 11.3 Å². The fourth-order valence-corrected chi connectivity index (χ4v) is 3.52. The summed E-state index contributed by atoms with van der Waals surface area (Å²) in [6, 6.07) is 5.35. The highest BCUT2D eigenvalue weighted by atomic mass is 32.2. The molecule has 0 radical (unpaired) electrons. The Balaban J connectivity index is 1.90. The van der Waals surface area contributed by atoms with Gasteiger partial charge in [-0.25, -0.2) is 4.98 Å². The maximum Gasteiger partial charge on any atom is 0.230 e. The standard InChI is InChI=1S/C16H19N3O4S2/c1-22-12-4-3-10(5-13(12)23-2)6-15(21)19-16-18-11(8-25-16)7-24-9-14(17)20/h3-5,8H,6-7,9H2,1-2H3,(H2,17,20)(H,18,19,21). The lowest BCUT2D eigenvalue weighted by atomic mass is 10.1. The molecule has 9 heteroatoms. The lowest BCUT2D eigenvalue weighted by molar-refractivity contribution is -0.116. The van der Waals surface area contributed by atoms with Crippen LogP contribution >= 0.6 is 23.1 Å².